The summed E-state index contributed by atoms with van der Waals surface area (Å²) in [5.41, 5.74) is 1.17. The first-order valence-corrected chi connectivity index (χ1v) is 9.56. The summed E-state index contributed by atoms with van der Waals surface area (Å²) in [4.78, 5) is 34.9. The van der Waals surface area contributed by atoms with E-state index in [1.807, 2.05) is 13.8 Å². The van der Waals surface area contributed by atoms with E-state index in [1.165, 1.54) is 5.57 Å². The Balaban J connectivity index is 0. The molecule has 1 saturated heterocycles. The summed E-state index contributed by atoms with van der Waals surface area (Å²) in [6.07, 6.45) is 2.68. The van der Waals surface area contributed by atoms with Crippen LogP contribution in [0.15, 0.2) is 12.2 Å². The van der Waals surface area contributed by atoms with Crippen LogP contribution in [0, 0.1) is 5.92 Å². The van der Waals surface area contributed by atoms with Crippen molar-refractivity contribution in [2.24, 2.45) is 5.92 Å². The first kappa shape index (κ1) is 28.4. The molecule has 1 fully saturated rings. The average molecular weight is 403 g/mol. The van der Waals surface area contributed by atoms with E-state index in [4.69, 9.17) is 9.84 Å². The second kappa shape index (κ2) is 17.3. The Labute approximate surface area is 168 Å². The minimum Gasteiger partial charge on any atom is -0.400 e. The zero-order valence-electron chi connectivity index (χ0n) is 17.9. The highest BCUT2D eigenvalue weighted by Crippen LogP contribution is 2.09. The summed E-state index contributed by atoms with van der Waals surface area (Å²) in [6, 6.07) is -1.02. The van der Waals surface area contributed by atoms with Crippen molar-refractivity contribution in [2.75, 3.05) is 26.9 Å². The van der Waals surface area contributed by atoms with Gasteiger partial charge < -0.3 is 25.6 Å². The Hall–Kier alpha value is -1.77. The first-order chi connectivity index (χ1) is 13.2. The van der Waals surface area contributed by atoms with Gasteiger partial charge in [-0.1, -0.05) is 32.3 Å². The van der Waals surface area contributed by atoms with Gasteiger partial charge >= 0.3 is 0 Å². The van der Waals surface area contributed by atoms with E-state index in [0.29, 0.717) is 18.9 Å². The molecule has 0 bridgehead atoms. The van der Waals surface area contributed by atoms with Crippen LogP contribution in [-0.2, 0) is 19.1 Å². The van der Waals surface area contributed by atoms with Gasteiger partial charge in [-0.05, 0) is 26.2 Å². The van der Waals surface area contributed by atoms with Gasteiger partial charge in [-0.15, -0.1) is 6.58 Å². The zero-order valence-corrected chi connectivity index (χ0v) is 17.9. The maximum absolute atomic E-state index is 11.8. The number of allylic oxidation sites excluding steroid dienone is 1. The number of ether oxygens (including phenoxy) is 1. The van der Waals surface area contributed by atoms with Crippen LogP contribution in [0.1, 0.15) is 53.4 Å². The molecule has 28 heavy (non-hydrogen) atoms. The molecule has 1 aliphatic heterocycles. The largest absolute Gasteiger partial charge is 0.400 e. The van der Waals surface area contributed by atoms with E-state index in [-0.39, 0.29) is 18.2 Å². The number of aliphatic hydroxyl groups excluding tert-OH is 2. The quantitative estimate of drug-likeness (QED) is 0.231. The second-order valence-corrected chi connectivity index (χ2v) is 7.16. The van der Waals surface area contributed by atoms with Gasteiger partial charge in [0.05, 0.1) is 19.8 Å². The Bertz CT molecular complexity index is 471. The lowest BCUT2D eigenvalue weighted by atomic mass is 10.1. The van der Waals surface area contributed by atoms with Crippen LogP contribution in [0.3, 0.4) is 0 Å². The third-order valence-electron chi connectivity index (χ3n) is 3.40. The highest BCUT2D eigenvalue weighted by molar-refractivity contribution is 5.93. The first-order valence-electron chi connectivity index (χ1n) is 9.56. The fraction of sp³-hybridized carbons (Fsp3) is 0.750. The molecular weight excluding hydrogens is 364 g/mol. The molecule has 0 aromatic rings. The highest BCUT2D eigenvalue weighted by atomic mass is 16.6. The van der Waals surface area contributed by atoms with Crippen molar-refractivity contribution in [3.05, 3.63) is 12.2 Å². The Morgan fingerprint density at radius 1 is 1.18 bits per heavy atom. The molecular formula is C20H38N2O6. The van der Waals surface area contributed by atoms with Crippen LogP contribution in [0.25, 0.3) is 0 Å². The van der Waals surface area contributed by atoms with Crippen LogP contribution in [-0.4, -0.2) is 66.8 Å². The molecule has 1 rings (SSSR count). The van der Waals surface area contributed by atoms with Gasteiger partial charge in [-0.25, -0.2) is 0 Å². The van der Waals surface area contributed by atoms with Crippen LogP contribution < -0.4 is 10.6 Å². The van der Waals surface area contributed by atoms with Crippen molar-refractivity contribution < 1.29 is 29.3 Å². The lowest BCUT2D eigenvalue weighted by Crippen LogP contribution is -2.50. The highest BCUT2D eigenvalue weighted by Gasteiger charge is 2.31. The van der Waals surface area contributed by atoms with E-state index in [1.54, 1.807) is 0 Å². The Kier molecular flexibility index (Phi) is 17.6. The van der Waals surface area contributed by atoms with Gasteiger partial charge in [0.2, 0.25) is 11.8 Å². The maximum Gasteiger partial charge on any atom is 0.245 e. The molecule has 0 saturated carbocycles. The van der Waals surface area contributed by atoms with Crippen molar-refractivity contribution in [3.63, 3.8) is 0 Å². The SMILES string of the molecule is C=C(C)C.CC(C)CCCCC(=O)NC(CO)C(=O)NCC(=O)C1CO1.CO. The monoisotopic (exact) mass is 402 g/mol. The van der Waals surface area contributed by atoms with Crippen LogP contribution >= 0.6 is 0 Å². The number of Topliss-reactive ketones (excluding diaryl/α,β-unsaturated/α-hetero) is 1. The van der Waals surface area contributed by atoms with Crippen molar-refractivity contribution in [2.45, 2.75) is 65.5 Å². The number of carbonyl (C=O) groups is 3. The van der Waals surface area contributed by atoms with E-state index in [2.05, 4.69) is 31.1 Å². The van der Waals surface area contributed by atoms with E-state index in [9.17, 15) is 19.5 Å². The number of epoxide rings is 1. The summed E-state index contributed by atoms with van der Waals surface area (Å²) in [6.45, 7) is 11.5. The number of unbranched alkanes of at least 4 members (excludes halogenated alkanes) is 1. The molecule has 4 N–H and O–H groups in total. The molecule has 8 nitrogen and oxygen atoms in total. The number of amides is 2. The molecule has 0 aromatic carbocycles. The summed E-state index contributed by atoms with van der Waals surface area (Å²) >= 11 is 0. The van der Waals surface area contributed by atoms with Gasteiger partial charge in [0, 0.05) is 13.5 Å². The summed E-state index contributed by atoms with van der Waals surface area (Å²) < 4.78 is 4.81. The number of ketones is 1. The van der Waals surface area contributed by atoms with Gasteiger partial charge in [0.25, 0.3) is 0 Å². The molecule has 0 aliphatic carbocycles. The standard InChI is InChI=1S/C15H26N2O5.C4H8.CH4O/c1-10(2)5-3-4-6-14(20)17-11(8-18)15(21)16-7-12(19)13-9-22-13;1-4(2)3;1-2/h10-11,13,18H,3-9H2,1-2H3,(H,16,21)(H,17,20);1H2,2-3H3;2H,1H3. The van der Waals surface area contributed by atoms with E-state index >= 15 is 0 Å². The second-order valence-electron chi connectivity index (χ2n) is 7.16. The molecule has 2 unspecified atom stereocenters. The minimum absolute atomic E-state index is 0.149. The average Bonchev–Trinajstić information content (AvgIpc) is 3.47. The summed E-state index contributed by atoms with van der Waals surface area (Å²) in [7, 11) is 1.00. The van der Waals surface area contributed by atoms with Crippen molar-refractivity contribution >= 4 is 17.6 Å². The molecule has 1 heterocycles. The number of nitrogens with one attached hydrogen (secondary N) is 2. The Morgan fingerprint density at radius 2 is 1.71 bits per heavy atom. The fourth-order valence-electron chi connectivity index (χ4n) is 1.94. The number of hydrogen-bond donors (Lipinski definition) is 4. The van der Waals surface area contributed by atoms with Crippen LogP contribution in [0.5, 0.6) is 0 Å². The third-order valence-corrected chi connectivity index (χ3v) is 3.40. The topological polar surface area (TPSA) is 128 Å². The van der Waals surface area contributed by atoms with Crippen LogP contribution in [0.4, 0.5) is 0 Å². The smallest absolute Gasteiger partial charge is 0.245 e. The number of rotatable bonds is 11. The van der Waals surface area contributed by atoms with Gasteiger partial charge in [0.1, 0.15) is 12.1 Å². The Morgan fingerprint density at radius 3 is 2.14 bits per heavy atom. The lowest BCUT2D eigenvalue weighted by Gasteiger charge is -2.16. The normalized spacial score (nSPS) is 15.2. The predicted molar refractivity (Wildman–Crippen MR) is 109 cm³/mol. The molecule has 0 aromatic heterocycles. The zero-order chi connectivity index (χ0) is 22.1. The molecule has 164 valence electrons. The predicted octanol–water partition coefficient (Wildman–Crippen LogP) is 0.955. The van der Waals surface area contributed by atoms with Gasteiger partial charge in [-0.2, -0.15) is 0 Å². The molecule has 2 atom stereocenters. The van der Waals surface area contributed by atoms with Crippen molar-refractivity contribution in [1.29, 1.82) is 0 Å². The number of carbonyl (C=O) groups excluding carboxylic acids is 3. The molecule has 2 amide bonds. The maximum atomic E-state index is 11.8. The molecule has 0 spiro atoms. The van der Waals surface area contributed by atoms with Crippen LogP contribution in [0.2, 0.25) is 0 Å². The molecule has 8 heteroatoms. The fourth-order valence-corrected chi connectivity index (χ4v) is 1.94. The minimum atomic E-state index is -1.02. The number of hydrogen-bond acceptors (Lipinski definition) is 6. The van der Waals surface area contributed by atoms with E-state index < -0.39 is 24.7 Å². The lowest BCUT2D eigenvalue weighted by molar-refractivity contribution is -0.131. The van der Waals surface area contributed by atoms with Crippen molar-refractivity contribution in [1.82, 2.24) is 10.6 Å². The summed E-state index contributed by atoms with van der Waals surface area (Å²) in [5, 5.41) is 21.1. The van der Waals surface area contributed by atoms with Gasteiger partial charge in [-0.3, -0.25) is 14.4 Å². The van der Waals surface area contributed by atoms with Crippen molar-refractivity contribution in [3.8, 4) is 0 Å². The molecule has 1 aliphatic rings. The van der Waals surface area contributed by atoms with E-state index in [0.717, 1.165) is 26.4 Å². The van der Waals surface area contributed by atoms with Gasteiger partial charge in [0.15, 0.2) is 5.78 Å². The summed E-state index contributed by atoms with van der Waals surface area (Å²) in [5.74, 6) is -0.432. The third kappa shape index (κ3) is 17.6. The molecule has 0 radical (unpaired) electrons. The number of aliphatic hydroxyl groups is 2.